The van der Waals surface area contributed by atoms with E-state index in [0.717, 1.165) is 18.3 Å². The molecule has 5 fully saturated rings. The van der Waals surface area contributed by atoms with Gasteiger partial charge in [-0.1, -0.05) is 0 Å². The summed E-state index contributed by atoms with van der Waals surface area (Å²) in [5.74, 6) is -0.636. The van der Waals surface area contributed by atoms with Gasteiger partial charge >= 0.3 is 17.1 Å². The molecule has 5 aliphatic rings. The predicted octanol–water partition coefficient (Wildman–Crippen LogP) is 2.35. The van der Waals surface area contributed by atoms with Crippen molar-refractivity contribution in [1.82, 2.24) is 0 Å². The Bertz CT molecular complexity index is 586. The maximum absolute atomic E-state index is 9.87. The smallest absolute Gasteiger partial charge is 0.369 e. The monoisotopic (exact) mass is 472 g/mol. The van der Waals surface area contributed by atoms with Crippen molar-refractivity contribution in [3.8, 4) is 0 Å². The molecule has 31 heavy (non-hydrogen) atoms. The second-order valence-corrected chi connectivity index (χ2v) is 8.48. The fourth-order valence-corrected chi connectivity index (χ4v) is 3.95. The van der Waals surface area contributed by atoms with Gasteiger partial charge in [-0.15, -0.1) is 0 Å². The first-order valence-corrected chi connectivity index (χ1v) is 10.1. The predicted molar refractivity (Wildman–Crippen MR) is 105 cm³/mol. The second kappa shape index (κ2) is 10.5. The van der Waals surface area contributed by atoms with E-state index in [1.807, 2.05) is 66.2 Å². The molecule has 3 aliphatic heterocycles. The van der Waals surface area contributed by atoms with Crippen molar-refractivity contribution in [2.75, 3.05) is 6.61 Å². The first-order valence-electron chi connectivity index (χ1n) is 10.1. The van der Waals surface area contributed by atoms with Crippen molar-refractivity contribution >= 4 is 6.29 Å². The number of carbonyl (C=O) groups excluding carboxylic acids is 1. The van der Waals surface area contributed by atoms with Gasteiger partial charge in [-0.3, -0.25) is 0 Å². The van der Waals surface area contributed by atoms with Crippen LogP contribution in [0.3, 0.4) is 0 Å². The Morgan fingerprint density at radius 1 is 0.839 bits per heavy atom. The van der Waals surface area contributed by atoms with Gasteiger partial charge in [0.15, 0.2) is 17.9 Å². The van der Waals surface area contributed by atoms with Crippen LogP contribution >= 0.6 is 0 Å². The van der Waals surface area contributed by atoms with Gasteiger partial charge in [-0.2, -0.15) is 0 Å². The summed E-state index contributed by atoms with van der Waals surface area (Å²) in [6, 6.07) is 0. The van der Waals surface area contributed by atoms with Crippen molar-refractivity contribution in [3.63, 3.8) is 0 Å². The van der Waals surface area contributed by atoms with Crippen LogP contribution < -0.4 is 0 Å². The van der Waals surface area contributed by atoms with Crippen LogP contribution in [0.2, 0.25) is 0 Å². The molecule has 168 valence electrons. The molecule has 0 N–H and O–H groups in total. The maximum Gasteiger partial charge on any atom is 2.00 e. The molecular weight excluding hydrogens is 444 g/mol. The van der Waals surface area contributed by atoms with E-state index < -0.39 is 17.9 Å². The fraction of sp³-hybridized carbons (Fsp3) is 0.522. The number of rotatable bonds is 4. The molecule has 3 heterocycles. The summed E-state index contributed by atoms with van der Waals surface area (Å²) in [5, 5.41) is 0. The van der Waals surface area contributed by atoms with E-state index in [1.165, 1.54) is 0 Å². The van der Waals surface area contributed by atoms with Crippen molar-refractivity contribution in [1.29, 1.82) is 0 Å². The zero-order valence-electron chi connectivity index (χ0n) is 18.0. The van der Waals surface area contributed by atoms with E-state index >= 15 is 0 Å². The molecule has 7 nitrogen and oxygen atoms in total. The molecule has 5 rings (SSSR count). The SMILES string of the molecule is CC1(C)O[C@H]2O[C@H]3[C@H](OC(C)(C)O[C@H]3CO[C]3[CH][CH][CH][CH]3)[C@H]2O1.O=C[C]1[CH][CH][CH][CH]1.[Fe+2]. The Kier molecular flexibility index (Phi) is 8.64. The van der Waals surface area contributed by atoms with E-state index in [-0.39, 0.29) is 41.5 Å². The van der Waals surface area contributed by atoms with E-state index in [4.69, 9.17) is 28.4 Å². The van der Waals surface area contributed by atoms with Crippen LogP contribution in [0.4, 0.5) is 0 Å². The Morgan fingerprint density at radius 2 is 1.42 bits per heavy atom. The van der Waals surface area contributed by atoms with E-state index in [9.17, 15) is 4.79 Å². The number of hydrogen-bond acceptors (Lipinski definition) is 7. The molecule has 0 bridgehead atoms. The third-order valence-corrected chi connectivity index (χ3v) is 5.12. The van der Waals surface area contributed by atoms with Gasteiger partial charge < -0.3 is 33.2 Å². The summed E-state index contributed by atoms with van der Waals surface area (Å²) >= 11 is 0. The third kappa shape index (κ3) is 6.30. The first-order chi connectivity index (χ1) is 14.3. The van der Waals surface area contributed by atoms with Crippen molar-refractivity contribution in [3.05, 3.63) is 63.4 Å². The van der Waals surface area contributed by atoms with Crippen molar-refractivity contribution in [2.24, 2.45) is 0 Å². The first kappa shape index (κ1) is 25.6. The van der Waals surface area contributed by atoms with Crippen LogP contribution in [0, 0.1) is 63.4 Å². The Morgan fingerprint density at radius 3 is 2.03 bits per heavy atom. The minimum Gasteiger partial charge on any atom is -0.369 e. The Hall–Kier alpha value is -0.0505. The number of carbonyl (C=O) groups is 1. The summed E-state index contributed by atoms with van der Waals surface area (Å²) in [6.07, 6.45) is 15.1. The minimum atomic E-state index is -0.727. The van der Waals surface area contributed by atoms with Crippen LogP contribution in [0.15, 0.2) is 0 Å². The fourth-order valence-electron chi connectivity index (χ4n) is 3.95. The second-order valence-electron chi connectivity index (χ2n) is 8.48. The molecular formula is C23H28FeO7+2. The zero-order chi connectivity index (χ0) is 21.4. The average Bonchev–Trinajstić information content (AvgIpc) is 3.45. The molecule has 8 heteroatoms. The minimum absolute atomic E-state index is 0. The van der Waals surface area contributed by atoms with Gasteiger partial charge in [0.1, 0.15) is 36.8 Å². The Balaban J connectivity index is 0.000000292. The largest absolute Gasteiger partial charge is 2.00 e. The quantitative estimate of drug-likeness (QED) is 0.460. The number of aldehydes is 1. The molecule has 0 amide bonds. The molecule has 0 aromatic heterocycles. The van der Waals surface area contributed by atoms with Gasteiger partial charge in [0.25, 0.3) is 0 Å². The normalized spacial score (nSPS) is 38.6. The molecule has 0 aromatic carbocycles. The summed E-state index contributed by atoms with van der Waals surface area (Å²) in [6.45, 7) is 7.94. The van der Waals surface area contributed by atoms with Crippen molar-refractivity contribution in [2.45, 2.75) is 70.0 Å². The van der Waals surface area contributed by atoms with E-state index in [0.29, 0.717) is 6.61 Å². The summed E-state index contributed by atoms with van der Waals surface area (Å²) in [4.78, 5) is 9.87. The van der Waals surface area contributed by atoms with Gasteiger partial charge in [0.05, 0.1) is 6.61 Å². The summed E-state index contributed by atoms with van der Waals surface area (Å²) < 4.78 is 35.7. The van der Waals surface area contributed by atoms with Crippen LogP contribution in [0.25, 0.3) is 0 Å². The topological polar surface area (TPSA) is 72.5 Å². The molecule has 0 unspecified atom stereocenters. The van der Waals surface area contributed by atoms with E-state index in [2.05, 4.69) is 0 Å². The number of hydrogen-bond donors (Lipinski definition) is 0. The van der Waals surface area contributed by atoms with Crippen LogP contribution in [0.1, 0.15) is 27.7 Å². The van der Waals surface area contributed by atoms with Crippen LogP contribution in [0.5, 0.6) is 0 Å². The zero-order valence-corrected chi connectivity index (χ0v) is 19.1. The number of fused-ring (bicyclic) bond motifs is 3. The van der Waals surface area contributed by atoms with Gasteiger partial charge in [0.2, 0.25) is 0 Å². The molecule has 5 atom stereocenters. The van der Waals surface area contributed by atoms with Crippen LogP contribution in [-0.2, 0) is 50.3 Å². The standard InChI is InChI=1S/C17H23O6.C6H5O.Fe/c1-16(2)20-11(9-18-10-7-5-6-8-10)12-13(21-16)14-15(19-12)23-17(3,4)22-14;7-5-6-3-1-2-4-6;/h5-8,11-15H,9H2,1-4H3;1-5H;/q;;+2/t11-,12+,13-,14+,15+;;/m0../s1. The van der Waals surface area contributed by atoms with Crippen molar-refractivity contribution < 1.29 is 50.3 Å². The molecule has 0 spiro atoms. The average molecular weight is 472 g/mol. The summed E-state index contributed by atoms with van der Waals surface area (Å²) in [5.41, 5.74) is 0. The van der Waals surface area contributed by atoms with Crippen LogP contribution in [-0.4, -0.2) is 55.2 Å². The molecule has 3 saturated heterocycles. The van der Waals surface area contributed by atoms with E-state index in [1.54, 1.807) is 12.8 Å². The molecule has 2 saturated carbocycles. The maximum atomic E-state index is 9.87. The van der Waals surface area contributed by atoms with Gasteiger partial charge in [-0.05, 0) is 66.2 Å². The molecule has 2 aliphatic carbocycles. The number of ether oxygens (including phenoxy) is 6. The summed E-state index contributed by atoms with van der Waals surface area (Å²) in [7, 11) is 0. The van der Waals surface area contributed by atoms with Gasteiger partial charge in [0, 0.05) is 18.8 Å². The third-order valence-electron chi connectivity index (χ3n) is 5.12. The Labute approximate surface area is 196 Å². The van der Waals surface area contributed by atoms with Gasteiger partial charge in [-0.25, -0.2) is 0 Å². The molecule has 0 aromatic rings. The molecule has 10 radical (unpaired) electrons.